The molecular weight excluding hydrogens is 404 g/mol. The summed E-state index contributed by atoms with van der Waals surface area (Å²) in [4.78, 5) is 29.4. The molecule has 2 rings (SSSR count). The zero-order chi connectivity index (χ0) is 19.7. The summed E-state index contributed by atoms with van der Waals surface area (Å²) in [5.74, 6) is -1.13. The number of carboxylic acid groups (broad SMARTS) is 1. The third kappa shape index (κ3) is 4.43. The summed E-state index contributed by atoms with van der Waals surface area (Å²) in [6.07, 6.45) is 1.26. The molecule has 1 atom stereocenters. The van der Waals surface area contributed by atoms with E-state index in [-0.39, 0.29) is 11.3 Å². The lowest BCUT2D eigenvalue weighted by molar-refractivity contribution is 0.0472. The van der Waals surface area contributed by atoms with Crippen LogP contribution in [0.5, 0.6) is 0 Å². The van der Waals surface area contributed by atoms with Gasteiger partial charge in [-0.05, 0) is 50.0 Å². The van der Waals surface area contributed by atoms with E-state index in [4.69, 9.17) is 10.00 Å². The lowest BCUT2D eigenvalue weighted by Gasteiger charge is -2.29. The highest BCUT2D eigenvalue weighted by Crippen LogP contribution is 2.36. The van der Waals surface area contributed by atoms with Gasteiger partial charge in [0, 0.05) is 19.3 Å². The van der Waals surface area contributed by atoms with Gasteiger partial charge in [-0.25, -0.2) is 14.6 Å². The van der Waals surface area contributed by atoms with Gasteiger partial charge in [0.2, 0.25) is 0 Å². The van der Waals surface area contributed by atoms with Crippen molar-refractivity contribution < 1.29 is 19.4 Å². The zero-order valence-corrected chi connectivity index (χ0v) is 16.7. The van der Waals surface area contributed by atoms with Gasteiger partial charge in [0.1, 0.15) is 17.2 Å². The van der Waals surface area contributed by atoms with Crippen molar-refractivity contribution in [1.82, 2.24) is 10.3 Å². The van der Waals surface area contributed by atoms with Gasteiger partial charge in [0.15, 0.2) is 5.69 Å². The number of rotatable bonds is 3. The van der Waals surface area contributed by atoms with Crippen LogP contribution in [-0.4, -0.2) is 46.4 Å². The second-order valence-electron chi connectivity index (χ2n) is 7.46. The number of carbonyl (C=O) groups excluding carboxylic acids is 1. The van der Waals surface area contributed by atoms with Gasteiger partial charge in [0.05, 0.1) is 15.7 Å². The summed E-state index contributed by atoms with van der Waals surface area (Å²) in [6, 6.07) is 1.94. The van der Waals surface area contributed by atoms with Crippen LogP contribution in [0.2, 0.25) is 0 Å². The number of carbonyl (C=O) groups is 2. The fourth-order valence-electron chi connectivity index (χ4n) is 2.82. The maximum absolute atomic E-state index is 12.1. The standard InChI is InChI=1S/C17H21BrN4O4/c1-16(2,3)26-15(25)21-17(4)5-6-22(9-17)13-10(14(23)24)8-20-11(7-19)12(13)18/h8H,5-6,9H2,1-4H3,(H,21,25)(H,23,24). The second kappa shape index (κ2) is 7.11. The molecule has 8 nitrogen and oxygen atoms in total. The maximum Gasteiger partial charge on any atom is 0.408 e. The van der Waals surface area contributed by atoms with Gasteiger partial charge >= 0.3 is 12.1 Å². The van der Waals surface area contributed by atoms with Crippen molar-refractivity contribution in [2.24, 2.45) is 0 Å². The Morgan fingerprint density at radius 1 is 1.50 bits per heavy atom. The Kier molecular flexibility index (Phi) is 5.47. The molecule has 0 aromatic carbocycles. The number of hydrogen-bond donors (Lipinski definition) is 2. The number of carboxylic acids is 1. The van der Waals surface area contributed by atoms with Crippen molar-refractivity contribution in [3.8, 4) is 6.07 Å². The number of pyridine rings is 1. The van der Waals surface area contributed by atoms with E-state index in [0.717, 1.165) is 0 Å². The average molecular weight is 425 g/mol. The molecule has 0 radical (unpaired) electrons. The summed E-state index contributed by atoms with van der Waals surface area (Å²) in [5.41, 5.74) is -0.701. The molecule has 1 aromatic rings. The first-order valence-electron chi connectivity index (χ1n) is 8.04. The van der Waals surface area contributed by atoms with Crippen molar-refractivity contribution in [2.45, 2.75) is 45.3 Å². The fourth-order valence-corrected chi connectivity index (χ4v) is 3.48. The molecule has 140 valence electrons. The second-order valence-corrected chi connectivity index (χ2v) is 8.25. The molecule has 1 aromatic heterocycles. The van der Waals surface area contributed by atoms with E-state index in [1.807, 2.05) is 17.9 Å². The molecule has 0 spiro atoms. The fraction of sp³-hybridized carbons (Fsp3) is 0.529. The Bertz CT molecular complexity index is 784. The molecule has 2 heterocycles. The van der Waals surface area contributed by atoms with Crippen molar-refractivity contribution in [1.29, 1.82) is 5.26 Å². The minimum absolute atomic E-state index is 0.00241. The number of anilines is 1. The van der Waals surface area contributed by atoms with Crippen molar-refractivity contribution >= 4 is 33.7 Å². The van der Waals surface area contributed by atoms with Crippen LogP contribution >= 0.6 is 15.9 Å². The van der Waals surface area contributed by atoms with Crippen LogP contribution in [0.25, 0.3) is 0 Å². The van der Waals surface area contributed by atoms with Crippen molar-refractivity contribution in [3.05, 3.63) is 21.9 Å². The molecule has 0 bridgehead atoms. The molecule has 1 aliphatic heterocycles. The van der Waals surface area contributed by atoms with Crippen LogP contribution in [0.3, 0.4) is 0 Å². The highest BCUT2D eigenvalue weighted by molar-refractivity contribution is 9.10. The summed E-state index contributed by atoms with van der Waals surface area (Å²) in [6.45, 7) is 8.11. The van der Waals surface area contributed by atoms with Gasteiger partial charge in [-0.2, -0.15) is 5.26 Å². The molecule has 1 amide bonds. The Morgan fingerprint density at radius 2 is 2.15 bits per heavy atom. The Hall–Kier alpha value is -2.34. The van der Waals surface area contributed by atoms with Gasteiger partial charge in [-0.1, -0.05) is 0 Å². The van der Waals surface area contributed by atoms with Crippen molar-refractivity contribution in [2.75, 3.05) is 18.0 Å². The minimum atomic E-state index is -1.13. The summed E-state index contributed by atoms with van der Waals surface area (Å²) < 4.78 is 5.64. The Balaban J connectivity index is 2.27. The number of amides is 1. The lowest BCUT2D eigenvalue weighted by Crippen LogP contribution is -2.49. The normalized spacial score (nSPS) is 19.8. The third-order valence-electron chi connectivity index (χ3n) is 3.92. The van der Waals surface area contributed by atoms with Crippen LogP contribution in [-0.2, 0) is 4.74 Å². The van der Waals surface area contributed by atoms with Crippen LogP contribution in [0, 0.1) is 11.3 Å². The Labute approximate surface area is 160 Å². The smallest absolute Gasteiger partial charge is 0.408 e. The quantitative estimate of drug-likeness (QED) is 0.765. The van der Waals surface area contributed by atoms with E-state index in [1.165, 1.54) is 6.20 Å². The predicted molar refractivity (Wildman–Crippen MR) is 98.2 cm³/mol. The molecule has 1 saturated heterocycles. The number of nitrogens with zero attached hydrogens (tertiary/aromatic N) is 3. The zero-order valence-electron chi connectivity index (χ0n) is 15.1. The lowest BCUT2D eigenvalue weighted by atomic mass is 10.0. The molecule has 0 aliphatic carbocycles. The summed E-state index contributed by atoms with van der Waals surface area (Å²) in [7, 11) is 0. The highest BCUT2D eigenvalue weighted by atomic mass is 79.9. The first-order chi connectivity index (χ1) is 12.0. The number of nitriles is 1. The first-order valence-corrected chi connectivity index (χ1v) is 8.83. The third-order valence-corrected chi connectivity index (χ3v) is 4.67. The molecular formula is C17H21BrN4O4. The van der Waals surface area contributed by atoms with Gasteiger partial charge in [-0.15, -0.1) is 0 Å². The molecule has 2 N–H and O–H groups in total. The van der Waals surface area contributed by atoms with Crippen molar-refractivity contribution in [3.63, 3.8) is 0 Å². The topological polar surface area (TPSA) is 116 Å². The molecule has 1 unspecified atom stereocenters. The largest absolute Gasteiger partial charge is 0.478 e. The van der Waals surface area contributed by atoms with Crippen LogP contribution in [0.4, 0.5) is 10.5 Å². The molecule has 1 aliphatic rings. The van der Waals surface area contributed by atoms with E-state index in [2.05, 4.69) is 26.2 Å². The summed E-state index contributed by atoms with van der Waals surface area (Å²) in [5, 5.41) is 21.5. The monoisotopic (exact) mass is 424 g/mol. The summed E-state index contributed by atoms with van der Waals surface area (Å²) >= 11 is 3.30. The number of halogens is 1. The van der Waals surface area contributed by atoms with Crippen LogP contribution in [0.15, 0.2) is 10.7 Å². The van der Waals surface area contributed by atoms with E-state index in [9.17, 15) is 14.7 Å². The maximum atomic E-state index is 12.1. The van der Waals surface area contributed by atoms with E-state index in [1.54, 1.807) is 20.8 Å². The molecule has 1 fully saturated rings. The number of aromatic carboxylic acids is 1. The first kappa shape index (κ1) is 20.0. The van der Waals surface area contributed by atoms with E-state index >= 15 is 0 Å². The van der Waals surface area contributed by atoms with Gasteiger partial charge in [0.25, 0.3) is 0 Å². The number of ether oxygens (including phenoxy) is 1. The average Bonchev–Trinajstić information content (AvgIpc) is 2.85. The number of nitrogens with one attached hydrogen (secondary N) is 1. The van der Waals surface area contributed by atoms with Crippen LogP contribution in [0.1, 0.15) is 50.2 Å². The number of hydrogen-bond acceptors (Lipinski definition) is 6. The predicted octanol–water partition coefficient (Wildman–Crippen LogP) is 2.91. The SMILES string of the molecule is CC1(NC(=O)OC(C)(C)C)CCN(c2c(C(=O)O)cnc(C#N)c2Br)C1. The Morgan fingerprint density at radius 3 is 2.69 bits per heavy atom. The number of aromatic nitrogens is 1. The van der Waals surface area contributed by atoms with E-state index < -0.39 is 23.2 Å². The highest BCUT2D eigenvalue weighted by Gasteiger charge is 2.38. The molecule has 0 saturated carbocycles. The van der Waals surface area contributed by atoms with E-state index in [0.29, 0.717) is 29.7 Å². The van der Waals surface area contributed by atoms with Crippen LogP contribution < -0.4 is 10.2 Å². The molecule has 9 heteroatoms. The molecule has 26 heavy (non-hydrogen) atoms. The van der Waals surface area contributed by atoms with Gasteiger partial charge < -0.3 is 20.1 Å². The number of alkyl carbamates (subject to hydrolysis) is 1. The minimum Gasteiger partial charge on any atom is -0.478 e. The van der Waals surface area contributed by atoms with Gasteiger partial charge in [-0.3, -0.25) is 0 Å².